The summed E-state index contributed by atoms with van der Waals surface area (Å²) >= 11 is 0. The molecule has 1 nitrogen and oxygen atoms in total. The molecule has 0 amide bonds. The minimum Gasteiger partial charge on any atom is -0.311 e. The molecule has 1 heterocycles. The first kappa shape index (κ1) is 10.9. The highest BCUT2D eigenvalue weighted by Crippen LogP contribution is 2.50. The lowest BCUT2D eigenvalue weighted by Crippen LogP contribution is -2.57. The second-order valence-electron chi connectivity index (χ2n) is 4.18. The Kier molecular flexibility index (Phi) is 2.95. The first-order valence-electron chi connectivity index (χ1n) is 5.14. The van der Waals surface area contributed by atoms with E-state index in [4.69, 9.17) is 0 Å². The number of hydrogen-bond donors (Lipinski definition) is 1. The molecule has 0 aromatic rings. The third-order valence-electron chi connectivity index (χ3n) is 2.76. The van der Waals surface area contributed by atoms with E-state index < -0.39 is 5.92 Å². The SMILES string of the molecule is CC.CC1CNC2(C1)CC(F)(F)C2. The van der Waals surface area contributed by atoms with E-state index in [0.29, 0.717) is 5.92 Å². The Balaban J connectivity index is 0.000000396. The van der Waals surface area contributed by atoms with Crippen LogP contribution in [0.15, 0.2) is 0 Å². The Morgan fingerprint density at radius 3 is 2.08 bits per heavy atom. The zero-order valence-electron chi connectivity index (χ0n) is 8.66. The summed E-state index contributed by atoms with van der Waals surface area (Å²) < 4.78 is 25.0. The summed E-state index contributed by atoms with van der Waals surface area (Å²) in [5, 5.41) is 3.19. The Labute approximate surface area is 78.9 Å². The molecule has 1 aliphatic heterocycles. The number of alkyl halides is 2. The van der Waals surface area contributed by atoms with Crippen molar-refractivity contribution in [2.45, 2.75) is 51.5 Å². The molecule has 0 bridgehead atoms. The van der Waals surface area contributed by atoms with Crippen molar-refractivity contribution in [1.82, 2.24) is 5.32 Å². The largest absolute Gasteiger partial charge is 0.311 e. The van der Waals surface area contributed by atoms with Crippen LogP contribution in [0.1, 0.15) is 40.0 Å². The Morgan fingerprint density at radius 1 is 1.23 bits per heavy atom. The fourth-order valence-corrected chi connectivity index (χ4v) is 2.41. The van der Waals surface area contributed by atoms with E-state index in [0.717, 1.165) is 13.0 Å². The van der Waals surface area contributed by atoms with Crippen LogP contribution in [0, 0.1) is 5.92 Å². The molecule has 1 atom stereocenters. The second kappa shape index (κ2) is 3.52. The molecule has 1 saturated carbocycles. The van der Waals surface area contributed by atoms with Gasteiger partial charge >= 0.3 is 0 Å². The molecule has 0 aromatic heterocycles. The molecule has 0 aromatic carbocycles. The van der Waals surface area contributed by atoms with Gasteiger partial charge in [0.25, 0.3) is 5.92 Å². The molecule has 1 spiro atoms. The molecule has 0 radical (unpaired) electrons. The highest BCUT2D eigenvalue weighted by atomic mass is 19.3. The van der Waals surface area contributed by atoms with Crippen LogP contribution in [0.5, 0.6) is 0 Å². The van der Waals surface area contributed by atoms with Gasteiger partial charge in [-0.05, 0) is 18.9 Å². The van der Waals surface area contributed by atoms with Crippen LogP contribution in [0.2, 0.25) is 0 Å². The van der Waals surface area contributed by atoms with Crippen molar-refractivity contribution in [3.63, 3.8) is 0 Å². The number of halogens is 2. The van der Waals surface area contributed by atoms with E-state index in [-0.39, 0.29) is 18.4 Å². The summed E-state index contributed by atoms with van der Waals surface area (Å²) in [6.45, 7) is 7.02. The van der Waals surface area contributed by atoms with Gasteiger partial charge in [0.05, 0.1) is 0 Å². The van der Waals surface area contributed by atoms with Crippen molar-refractivity contribution in [1.29, 1.82) is 0 Å². The fraction of sp³-hybridized carbons (Fsp3) is 1.00. The van der Waals surface area contributed by atoms with Crippen LogP contribution in [0.25, 0.3) is 0 Å². The van der Waals surface area contributed by atoms with Gasteiger partial charge in [-0.25, -0.2) is 8.78 Å². The van der Waals surface area contributed by atoms with Gasteiger partial charge in [-0.3, -0.25) is 0 Å². The maximum absolute atomic E-state index is 12.5. The second-order valence-corrected chi connectivity index (χ2v) is 4.18. The lowest BCUT2D eigenvalue weighted by Gasteiger charge is -2.45. The molecular weight excluding hydrogens is 172 g/mol. The van der Waals surface area contributed by atoms with Crippen molar-refractivity contribution < 1.29 is 8.78 Å². The molecule has 2 aliphatic rings. The van der Waals surface area contributed by atoms with Crippen molar-refractivity contribution >= 4 is 0 Å². The summed E-state index contributed by atoms with van der Waals surface area (Å²) in [5.41, 5.74) is -0.178. The summed E-state index contributed by atoms with van der Waals surface area (Å²) in [4.78, 5) is 0. The molecule has 1 saturated heterocycles. The average molecular weight is 191 g/mol. The van der Waals surface area contributed by atoms with Gasteiger partial charge in [0, 0.05) is 18.4 Å². The van der Waals surface area contributed by atoms with Crippen LogP contribution in [-0.4, -0.2) is 18.0 Å². The van der Waals surface area contributed by atoms with E-state index in [9.17, 15) is 8.78 Å². The van der Waals surface area contributed by atoms with Crippen molar-refractivity contribution in [2.75, 3.05) is 6.54 Å². The monoisotopic (exact) mass is 191 g/mol. The summed E-state index contributed by atoms with van der Waals surface area (Å²) in [6.07, 6.45) is 1.05. The minimum atomic E-state index is -2.38. The predicted octanol–water partition coefficient (Wildman–Crippen LogP) is 2.81. The summed E-state index contributed by atoms with van der Waals surface area (Å²) in [7, 11) is 0. The van der Waals surface area contributed by atoms with E-state index in [1.165, 1.54) is 0 Å². The normalized spacial score (nSPS) is 33.5. The lowest BCUT2D eigenvalue weighted by molar-refractivity contribution is -0.129. The van der Waals surface area contributed by atoms with Gasteiger partial charge in [0.1, 0.15) is 0 Å². The molecule has 1 N–H and O–H groups in total. The molecule has 2 rings (SSSR count). The Morgan fingerprint density at radius 2 is 1.77 bits per heavy atom. The van der Waals surface area contributed by atoms with Crippen LogP contribution >= 0.6 is 0 Å². The van der Waals surface area contributed by atoms with Gasteiger partial charge < -0.3 is 5.32 Å². The van der Waals surface area contributed by atoms with Crippen molar-refractivity contribution in [3.05, 3.63) is 0 Å². The molecule has 78 valence electrons. The smallest absolute Gasteiger partial charge is 0.251 e. The van der Waals surface area contributed by atoms with Gasteiger partial charge in [-0.15, -0.1) is 0 Å². The van der Waals surface area contributed by atoms with Gasteiger partial charge in [-0.2, -0.15) is 0 Å². The van der Waals surface area contributed by atoms with Crippen LogP contribution in [0.3, 0.4) is 0 Å². The Hall–Kier alpha value is -0.180. The molecule has 1 aliphatic carbocycles. The summed E-state index contributed by atoms with van der Waals surface area (Å²) in [6, 6.07) is 0. The topological polar surface area (TPSA) is 12.0 Å². The van der Waals surface area contributed by atoms with Crippen LogP contribution in [-0.2, 0) is 0 Å². The number of rotatable bonds is 0. The van der Waals surface area contributed by atoms with Crippen molar-refractivity contribution in [2.24, 2.45) is 5.92 Å². The van der Waals surface area contributed by atoms with Crippen molar-refractivity contribution in [3.8, 4) is 0 Å². The zero-order chi connectivity index (χ0) is 10.1. The zero-order valence-corrected chi connectivity index (χ0v) is 8.66. The molecular formula is C10H19F2N. The maximum atomic E-state index is 12.5. The molecule has 1 unspecified atom stereocenters. The third-order valence-corrected chi connectivity index (χ3v) is 2.76. The molecule has 2 fully saturated rings. The molecule has 3 heteroatoms. The Bertz CT molecular complexity index is 172. The van der Waals surface area contributed by atoms with Gasteiger partial charge in [-0.1, -0.05) is 20.8 Å². The fourth-order valence-electron chi connectivity index (χ4n) is 2.41. The van der Waals surface area contributed by atoms with Crippen LogP contribution in [0.4, 0.5) is 8.78 Å². The van der Waals surface area contributed by atoms with E-state index in [2.05, 4.69) is 12.2 Å². The average Bonchev–Trinajstić information content (AvgIpc) is 2.34. The van der Waals surface area contributed by atoms with Gasteiger partial charge in [0.15, 0.2) is 0 Å². The predicted molar refractivity (Wildman–Crippen MR) is 50.0 cm³/mol. The van der Waals surface area contributed by atoms with Gasteiger partial charge in [0.2, 0.25) is 0 Å². The highest BCUT2D eigenvalue weighted by Gasteiger charge is 2.58. The van der Waals surface area contributed by atoms with E-state index in [1.54, 1.807) is 0 Å². The quantitative estimate of drug-likeness (QED) is 0.621. The lowest BCUT2D eigenvalue weighted by atomic mass is 9.71. The third kappa shape index (κ3) is 2.19. The van der Waals surface area contributed by atoms with E-state index in [1.807, 2.05) is 13.8 Å². The maximum Gasteiger partial charge on any atom is 0.251 e. The highest BCUT2D eigenvalue weighted by molar-refractivity contribution is 5.09. The number of nitrogens with one attached hydrogen (secondary N) is 1. The van der Waals surface area contributed by atoms with E-state index >= 15 is 0 Å². The minimum absolute atomic E-state index is 0.0599. The standard InChI is InChI=1S/C8H13F2N.C2H6/c1-6-2-7(11-3-6)4-8(9,10)5-7;1-2/h6,11H,2-5H2,1H3;1-2H3. The first-order chi connectivity index (χ1) is 6.02. The number of hydrogen-bond acceptors (Lipinski definition) is 1. The summed E-state index contributed by atoms with van der Waals surface area (Å²) in [5.74, 6) is -1.80. The molecule has 13 heavy (non-hydrogen) atoms. The van der Waals surface area contributed by atoms with Crippen LogP contribution < -0.4 is 5.32 Å². The first-order valence-corrected chi connectivity index (χ1v) is 5.14.